The predicted octanol–water partition coefficient (Wildman–Crippen LogP) is 1.04. The summed E-state index contributed by atoms with van der Waals surface area (Å²) in [7, 11) is 0. The molecular weight excluding hydrogens is 278 g/mol. The number of nitrogens with zero attached hydrogens (tertiary/aromatic N) is 2. The zero-order chi connectivity index (χ0) is 15.4. The number of carbonyl (C=O) groups is 1. The molecule has 0 saturated carbocycles. The zero-order valence-corrected chi connectivity index (χ0v) is 13.0. The van der Waals surface area contributed by atoms with Gasteiger partial charge < -0.3 is 15.3 Å². The van der Waals surface area contributed by atoms with Crippen LogP contribution in [0.5, 0.6) is 5.75 Å². The summed E-state index contributed by atoms with van der Waals surface area (Å²) in [5.74, 6) is 1.15. The summed E-state index contributed by atoms with van der Waals surface area (Å²) in [5.41, 5.74) is 1.12. The average molecular weight is 303 g/mol. The van der Waals surface area contributed by atoms with Gasteiger partial charge in [0, 0.05) is 39.1 Å². The molecule has 120 valence electrons. The van der Waals surface area contributed by atoms with Crippen LogP contribution in [0.4, 0.5) is 0 Å². The lowest BCUT2D eigenvalue weighted by atomic mass is 10.0. The van der Waals surface area contributed by atoms with Crippen LogP contribution in [-0.4, -0.2) is 60.1 Å². The Balaban J connectivity index is 1.44. The number of piperazine rings is 1. The van der Waals surface area contributed by atoms with Crippen molar-refractivity contribution in [1.82, 2.24) is 15.1 Å². The van der Waals surface area contributed by atoms with Crippen molar-refractivity contribution in [2.45, 2.75) is 19.4 Å². The Morgan fingerprint density at radius 1 is 1.27 bits per heavy atom. The summed E-state index contributed by atoms with van der Waals surface area (Å²) in [6, 6.07) is 7.41. The number of phenols is 1. The van der Waals surface area contributed by atoms with Crippen LogP contribution in [0.3, 0.4) is 0 Å². The summed E-state index contributed by atoms with van der Waals surface area (Å²) in [4.78, 5) is 16.7. The van der Waals surface area contributed by atoms with Crippen molar-refractivity contribution in [2.24, 2.45) is 5.92 Å². The third-order valence-corrected chi connectivity index (χ3v) is 4.67. The molecule has 2 aliphatic rings. The molecule has 1 aromatic rings. The molecule has 0 unspecified atom stereocenters. The summed E-state index contributed by atoms with van der Waals surface area (Å²) in [6.45, 7) is 6.33. The van der Waals surface area contributed by atoms with Crippen LogP contribution in [0.1, 0.15) is 18.4 Å². The van der Waals surface area contributed by atoms with Crippen LogP contribution in [0.15, 0.2) is 24.3 Å². The first-order chi connectivity index (χ1) is 10.7. The Bertz CT molecular complexity index is 506. The maximum absolute atomic E-state index is 12.3. The van der Waals surface area contributed by atoms with Gasteiger partial charge >= 0.3 is 0 Å². The van der Waals surface area contributed by atoms with Crippen molar-refractivity contribution >= 4 is 5.91 Å². The number of hydrogen-bond acceptors (Lipinski definition) is 4. The van der Waals surface area contributed by atoms with Crippen LogP contribution < -0.4 is 5.32 Å². The second kappa shape index (κ2) is 7.11. The van der Waals surface area contributed by atoms with E-state index in [0.717, 1.165) is 57.8 Å². The molecule has 2 saturated heterocycles. The first-order valence-corrected chi connectivity index (χ1v) is 8.19. The highest BCUT2D eigenvalue weighted by Crippen LogP contribution is 2.17. The lowest BCUT2D eigenvalue weighted by Crippen LogP contribution is -2.48. The molecule has 3 rings (SSSR count). The van der Waals surface area contributed by atoms with Crippen molar-refractivity contribution < 1.29 is 9.90 Å². The minimum Gasteiger partial charge on any atom is -0.508 e. The molecule has 0 aliphatic carbocycles. The van der Waals surface area contributed by atoms with E-state index in [4.69, 9.17) is 0 Å². The third kappa shape index (κ3) is 3.99. The maximum Gasteiger partial charge on any atom is 0.222 e. The van der Waals surface area contributed by atoms with Gasteiger partial charge in [0.05, 0.1) is 0 Å². The normalized spacial score (nSPS) is 22.9. The Labute approximate surface area is 131 Å². The minimum absolute atomic E-state index is 0.311. The highest BCUT2D eigenvalue weighted by atomic mass is 16.3. The Hall–Kier alpha value is -1.59. The lowest BCUT2D eigenvalue weighted by molar-refractivity contribution is -0.133. The van der Waals surface area contributed by atoms with E-state index in [1.807, 2.05) is 23.1 Å². The number of nitrogens with one attached hydrogen (secondary N) is 1. The second-order valence-electron chi connectivity index (χ2n) is 6.39. The number of phenolic OH excluding ortho intramolecular Hbond substituents is 1. The van der Waals surface area contributed by atoms with Gasteiger partial charge in [-0.2, -0.15) is 0 Å². The van der Waals surface area contributed by atoms with E-state index >= 15 is 0 Å². The molecule has 5 nitrogen and oxygen atoms in total. The van der Waals surface area contributed by atoms with Crippen molar-refractivity contribution in [1.29, 1.82) is 0 Å². The molecule has 1 aromatic carbocycles. The van der Waals surface area contributed by atoms with E-state index in [9.17, 15) is 9.90 Å². The van der Waals surface area contributed by atoms with E-state index in [-0.39, 0.29) is 0 Å². The lowest BCUT2D eigenvalue weighted by Gasteiger charge is -2.35. The summed E-state index contributed by atoms with van der Waals surface area (Å²) < 4.78 is 0. The largest absolute Gasteiger partial charge is 0.508 e. The van der Waals surface area contributed by atoms with Gasteiger partial charge in [-0.15, -0.1) is 0 Å². The van der Waals surface area contributed by atoms with Crippen LogP contribution in [0.2, 0.25) is 0 Å². The van der Waals surface area contributed by atoms with E-state index in [1.54, 1.807) is 6.07 Å². The molecule has 1 atom stereocenters. The molecule has 2 N–H and O–H groups in total. The van der Waals surface area contributed by atoms with Crippen LogP contribution in [0, 0.1) is 5.92 Å². The number of carbonyl (C=O) groups excluding carboxylic acids is 1. The van der Waals surface area contributed by atoms with Crippen molar-refractivity contribution in [3.05, 3.63) is 29.8 Å². The Kier molecular flexibility index (Phi) is 4.95. The fraction of sp³-hybridized carbons (Fsp3) is 0.588. The van der Waals surface area contributed by atoms with E-state index in [0.29, 0.717) is 24.0 Å². The van der Waals surface area contributed by atoms with Gasteiger partial charge in [-0.25, -0.2) is 0 Å². The molecule has 0 spiro atoms. The quantitative estimate of drug-likeness (QED) is 0.872. The van der Waals surface area contributed by atoms with Gasteiger partial charge in [0.25, 0.3) is 0 Å². The van der Waals surface area contributed by atoms with Crippen molar-refractivity contribution in [3.8, 4) is 5.75 Å². The maximum atomic E-state index is 12.3. The summed E-state index contributed by atoms with van der Waals surface area (Å²) in [6.07, 6.45) is 1.82. The van der Waals surface area contributed by atoms with E-state index < -0.39 is 0 Å². The fourth-order valence-electron chi connectivity index (χ4n) is 3.33. The second-order valence-corrected chi connectivity index (χ2v) is 6.39. The van der Waals surface area contributed by atoms with Crippen molar-refractivity contribution in [3.63, 3.8) is 0 Å². The molecular formula is C17H25N3O2. The predicted molar refractivity (Wildman–Crippen MR) is 85.6 cm³/mol. The van der Waals surface area contributed by atoms with Gasteiger partial charge in [0.2, 0.25) is 5.91 Å². The van der Waals surface area contributed by atoms with Crippen molar-refractivity contribution in [2.75, 3.05) is 39.3 Å². The highest BCUT2D eigenvalue weighted by molar-refractivity contribution is 5.76. The van der Waals surface area contributed by atoms with Gasteiger partial charge in [-0.3, -0.25) is 9.69 Å². The average Bonchev–Trinajstić information content (AvgIpc) is 3.01. The molecule has 2 fully saturated rings. The topological polar surface area (TPSA) is 55.8 Å². The standard InChI is InChI=1S/C17H25N3O2/c21-16-3-1-2-15(10-16)13-19-6-8-20(9-7-19)17(22)11-14-4-5-18-12-14/h1-3,10,14,18,21H,4-9,11-13H2/t14-/m1/s1. The van der Waals surface area contributed by atoms with E-state index in [2.05, 4.69) is 10.2 Å². The van der Waals surface area contributed by atoms with Crippen LogP contribution >= 0.6 is 0 Å². The smallest absolute Gasteiger partial charge is 0.222 e. The number of rotatable bonds is 4. The molecule has 2 heterocycles. The molecule has 1 amide bonds. The summed E-state index contributed by atoms with van der Waals surface area (Å²) in [5, 5.41) is 12.8. The van der Waals surface area contributed by atoms with E-state index in [1.165, 1.54) is 0 Å². The zero-order valence-electron chi connectivity index (χ0n) is 13.0. The van der Waals surface area contributed by atoms with Gasteiger partial charge in [0.1, 0.15) is 5.75 Å². The Morgan fingerprint density at radius 2 is 2.09 bits per heavy atom. The minimum atomic E-state index is 0.311. The number of amides is 1. The molecule has 5 heteroatoms. The third-order valence-electron chi connectivity index (χ3n) is 4.67. The first kappa shape index (κ1) is 15.3. The number of benzene rings is 1. The highest BCUT2D eigenvalue weighted by Gasteiger charge is 2.24. The molecule has 2 aliphatic heterocycles. The van der Waals surface area contributed by atoms with Gasteiger partial charge in [-0.1, -0.05) is 12.1 Å². The molecule has 0 bridgehead atoms. The Morgan fingerprint density at radius 3 is 2.77 bits per heavy atom. The number of aromatic hydroxyl groups is 1. The SMILES string of the molecule is O=C(C[C@H]1CCNC1)N1CCN(Cc2cccc(O)c2)CC1. The molecule has 0 aromatic heterocycles. The van der Waals surface area contributed by atoms with Gasteiger partial charge in [-0.05, 0) is 43.1 Å². The van der Waals surface area contributed by atoms with Crippen LogP contribution in [0.25, 0.3) is 0 Å². The number of hydrogen-bond donors (Lipinski definition) is 2. The fourth-order valence-corrected chi connectivity index (χ4v) is 3.33. The summed E-state index contributed by atoms with van der Waals surface area (Å²) >= 11 is 0. The monoisotopic (exact) mass is 303 g/mol. The molecule has 22 heavy (non-hydrogen) atoms. The molecule has 0 radical (unpaired) electrons. The first-order valence-electron chi connectivity index (χ1n) is 8.19. The van der Waals surface area contributed by atoms with Gasteiger partial charge in [0.15, 0.2) is 0 Å². The van der Waals surface area contributed by atoms with Crippen LogP contribution in [-0.2, 0) is 11.3 Å².